The van der Waals surface area contributed by atoms with E-state index in [4.69, 9.17) is 16.7 Å². The third kappa shape index (κ3) is 3.55. The van der Waals surface area contributed by atoms with Crippen molar-refractivity contribution in [2.45, 2.75) is 13.3 Å². The molecule has 4 nitrogen and oxygen atoms in total. The molecule has 1 aromatic rings. The predicted octanol–water partition coefficient (Wildman–Crippen LogP) is 1.85. The summed E-state index contributed by atoms with van der Waals surface area (Å²) in [7, 11) is 0. The molecule has 0 radical (unpaired) electrons. The van der Waals surface area contributed by atoms with Gasteiger partial charge in [-0.05, 0) is 30.7 Å². The largest absolute Gasteiger partial charge is 0.481 e. The third-order valence-electron chi connectivity index (χ3n) is 2.06. The summed E-state index contributed by atoms with van der Waals surface area (Å²) in [5, 5.41) is 11.5. The van der Waals surface area contributed by atoms with Crippen LogP contribution in [0.2, 0.25) is 5.02 Å². The second kappa shape index (κ2) is 5.51. The number of hydrogen-bond acceptors (Lipinski definition) is 2. The zero-order chi connectivity index (χ0) is 12.1. The van der Waals surface area contributed by atoms with Crippen LogP contribution in [0.3, 0.4) is 0 Å². The second-order valence-electron chi connectivity index (χ2n) is 3.36. The number of hydrogen-bond donors (Lipinski definition) is 2. The van der Waals surface area contributed by atoms with Crippen LogP contribution in [0.4, 0.5) is 0 Å². The van der Waals surface area contributed by atoms with Crippen molar-refractivity contribution in [3.8, 4) is 0 Å². The Kier molecular flexibility index (Phi) is 4.31. The van der Waals surface area contributed by atoms with Crippen molar-refractivity contribution >= 4 is 23.5 Å². The van der Waals surface area contributed by atoms with Crippen molar-refractivity contribution in [3.05, 3.63) is 34.3 Å². The normalized spacial score (nSPS) is 9.88. The molecular formula is C11H12ClNO3. The van der Waals surface area contributed by atoms with Gasteiger partial charge in [0.1, 0.15) is 0 Å². The van der Waals surface area contributed by atoms with Crippen molar-refractivity contribution in [2.75, 3.05) is 6.54 Å². The summed E-state index contributed by atoms with van der Waals surface area (Å²) in [6.45, 7) is 1.90. The number of amides is 1. The van der Waals surface area contributed by atoms with E-state index in [-0.39, 0.29) is 18.9 Å². The minimum atomic E-state index is -0.937. The van der Waals surface area contributed by atoms with Crippen molar-refractivity contribution in [1.29, 1.82) is 0 Å². The van der Waals surface area contributed by atoms with Gasteiger partial charge < -0.3 is 10.4 Å². The van der Waals surface area contributed by atoms with Gasteiger partial charge in [0.05, 0.1) is 6.42 Å². The average Bonchev–Trinajstić information content (AvgIpc) is 2.16. The highest BCUT2D eigenvalue weighted by molar-refractivity contribution is 6.30. The SMILES string of the molecule is Cc1cc(Cl)ccc1C(=O)NCCC(=O)O. The van der Waals surface area contributed by atoms with E-state index >= 15 is 0 Å². The lowest BCUT2D eigenvalue weighted by molar-refractivity contribution is -0.136. The standard InChI is InChI=1S/C11H12ClNO3/c1-7-6-8(12)2-3-9(7)11(16)13-5-4-10(14)15/h2-3,6H,4-5H2,1H3,(H,13,16)(H,14,15). The molecule has 16 heavy (non-hydrogen) atoms. The minimum absolute atomic E-state index is 0.0849. The van der Waals surface area contributed by atoms with Crippen molar-refractivity contribution in [3.63, 3.8) is 0 Å². The monoisotopic (exact) mass is 241 g/mol. The second-order valence-corrected chi connectivity index (χ2v) is 3.80. The van der Waals surface area contributed by atoms with Gasteiger partial charge in [0.25, 0.3) is 5.91 Å². The number of benzene rings is 1. The zero-order valence-electron chi connectivity index (χ0n) is 8.79. The molecule has 0 saturated carbocycles. The lowest BCUT2D eigenvalue weighted by Gasteiger charge is -2.06. The fraction of sp³-hybridized carbons (Fsp3) is 0.273. The Bertz CT molecular complexity index is 418. The highest BCUT2D eigenvalue weighted by atomic mass is 35.5. The molecule has 0 aromatic heterocycles. The van der Waals surface area contributed by atoms with E-state index in [1.807, 2.05) is 0 Å². The Balaban J connectivity index is 2.63. The van der Waals surface area contributed by atoms with Crippen LogP contribution < -0.4 is 5.32 Å². The molecule has 1 rings (SSSR count). The minimum Gasteiger partial charge on any atom is -0.481 e. The van der Waals surface area contributed by atoms with Gasteiger partial charge in [0.15, 0.2) is 0 Å². The fourth-order valence-electron chi connectivity index (χ4n) is 1.26. The van der Waals surface area contributed by atoms with Crippen LogP contribution in [0.15, 0.2) is 18.2 Å². The third-order valence-corrected chi connectivity index (χ3v) is 2.29. The molecule has 0 fully saturated rings. The molecule has 0 unspecified atom stereocenters. The zero-order valence-corrected chi connectivity index (χ0v) is 9.54. The van der Waals surface area contributed by atoms with Gasteiger partial charge in [-0.15, -0.1) is 0 Å². The van der Waals surface area contributed by atoms with Gasteiger partial charge in [0.2, 0.25) is 0 Å². The topological polar surface area (TPSA) is 66.4 Å². The Hall–Kier alpha value is -1.55. The first-order valence-corrected chi connectivity index (χ1v) is 5.14. The summed E-state index contributed by atoms with van der Waals surface area (Å²) >= 11 is 5.76. The van der Waals surface area contributed by atoms with Crippen LogP contribution in [0.25, 0.3) is 0 Å². The van der Waals surface area contributed by atoms with Gasteiger partial charge in [-0.25, -0.2) is 0 Å². The summed E-state index contributed by atoms with van der Waals surface area (Å²) in [6.07, 6.45) is -0.0849. The Morgan fingerprint density at radius 1 is 1.44 bits per heavy atom. The first kappa shape index (κ1) is 12.5. The van der Waals surface area contributed by atoms with Gasteiger partial charge in [-0.2, -0.15) is 0 Å². The van der Waals surface area contributed by atoms with Gasteiger partial charge in [-0.1, -0.05) is 11.6 Å². The van der Waals surface area contributed by atoms with E-state index in [1.165, 1.54) is 0 Å². The Morgan fingerprint density at radius 2 is 2.12 bits per heavy atom. The van der Waals surface area contributed by atoms with Crippen LogP contribution in [-0.4, -0.2) is 23.5 Å². The van der Waals surface area contributed by atoms with Gasteiger partial charge in [-0.3, -0.25) is 9.59 Å². The maximum atomic E-state index is 11.6. The number of carboxylic acid groups (broad SMARTS) is 1. The highest BCUT2D eigenvalue weighted by Crippen LogP contribution is 2.14. The highest BCUT2D eigenvalue weighted by Gasteiger charge is 2.08. The smallest absolute Gasteiger partial charge is 0.305 e. The Labute approximate surface area is 98.2 Å². The molecule has 86 valence electrons. The van der Waals surface area contributed by atoms with Crippen LogP contribution >= 0.6 is 11.6 Å². The van der Waals surface area contributed by atoms with E-state index in [2.05, 4.69) is 5.32 Å². The van der Waals surface area contributed by atoms with E-state index < -0.39 is 5.97 Å². The van der Waals surface area contributed by atoms with E-state index in [9.17, 15) is 9.59 Å². The van der Waals surface area contributed by atoms with E-state index in [1.54, 1.807) is 25.1 Å². The lowest BCUT2D eigenvalue weighted by atomic mass is 10.1. The number of rotatable bonds is 4. The molecule has 0 heterocycles. The summed E-state index contributed by atoms with van der Waals surface area (Å²) in [5.74, 6) is -1.22. The number of halogens is 1. The lowest BCUT2D eigenvalue weighted by Crippen LogP contribution is -2.26. The molecule has 0 aliphatic rings. The number of carboxylic acids is 1. The quantitative estimate of drug-likeness (QED) is 0.846. The number of nitrogens with one attached hydrogen (secondary N) is 1. The first-order chi connectivity index (χ1) is 7.50. The molecule has 0 spiro atoms. The maximum absolute atomic E-state index is 11.6. The summed E-state index contributed by atoms with van der Waals surface area (Å²) in [4.78, 5) is 21.9. The number of carbonyl (C=O) groups is 2. The van der Waals surface area contributed by atoms with Crippen molar-refractivity contribution in [2.24, 2.45) is 0 Å². The van der Waals surface area contributed by atoms with Crippen LogP contribution in [0.1, 0.15) is 22.3 Å². The molecule has 2 N–H and O–H groups in total. The molecule has 0 aliphatic heterocycles. The van der Waals surface area contributed by atoms with Crippen molar-refractivity contribution in [1.82, 2.24) is 5.32 Å². The maximum Gasteiger partial charge on any atom is 0.305 e. The molecule has 0 atom stereocenters. The van der Waals surface area contributed by atoms with E-state index in [0.717, 1.165) is 5.56 Å². The van der Waals surface area contributed by atoms with Crippen LogP contribution in [-0.2, 0) is 4.79 Å². The van der Waals surface area contributed by atoms with Crippen LogP contribution in [0.5, 0.6) is 0 Å². The molecule has 0 aliphatic carbocycles. The number of carbonyl (C=O) groups excluding carboxylic acids is 1. The summed E-state index contributed by atoms with van der Waals surface area (Å²) < 4.78 is 0. The van der Waals surface area contributed by atoms with E-state index in [0.29, 0.717) is 10.6 Å². The van der Waals surface area contributed by atoms with Gasteiger partial charge >= 0.3 is 5.97 Å². The first-order valence-electron chi connectivity index (χ1n) is 4.77. The number of aliphatic carboxylic acids is 1. The van der Waals surface area contributed by atoms with Crippen LogP contribution in [0, 0.1) is 6.92 Å². The molecule has 0 saturated heterocycles. The van der Waals surface area contributed by atoms with Crippen molar-refractivity contribution < 1.29 is 14.7 Å². The average molecular weight is 242 g/mol. The van der Waals surface area contributed by atoms with Gasteiger partial charge in [0, 0.05) is 17.1 Å². The predicted molar refractivity (Wildman–Crippen MR) is 60.8 cm³/mol. The molecule has 1 amide bonds. The summed E-state index contributed by atoms with van der Waals surface area (Å²) in [6, 6.07) is 4.93. The molecule has 0 bridgehead atoms. The Morgan fingerprint density at radius 3 is 2.69 bits per heavy atom. The number of aryl methyl sites for hydroxylation is 1. The molecule has 1 aromatic carbocycles. The summed E-state index contributed by atoms with van der Waals surface area (Å²) in [5.41, 5.74) is 1.27. The molecular weight excluding hydrogens is 230 g/mol. The fourth-order valence-corrected chi connectivity index (χ4v) is 1.49. The molecule has 5 heteroatoms.